The number of Topliss-reactive ketones (excluding diaryl/α,β-unsaturated/α-hetero) is 1. The van der Waals surface area contributed by atoms with Crippen molar-refractivity contribution in [2.24, 2.45) is 0 Å². The fraction of sp³-hybridized carbons (Fsp3) is 0.333. The zero-order chi connectivity index (χ0) is 23.2. The number of esters is 1. The molecule has 6 N–H and O–H groups in total. The van der Waals surface area contributed by atoms with Gasteiger partial charge in [-0.15, -0.1) is 0 Å². The number of hydrogen-bond acceptors (Lipinski definition) is 11. The van der Waals surface area contributed by atoms with Gasteiger partial charge in [0, 0.05) is 12.1 Å². The molecule has 4 rings (SSSR count). The molecule has 170 valence electrons. The van der Waals surface area contributed by atoms with E-state index in [-0.39, 0.29) is 28.4 Å². The number of aliphatic hydroxyl groups excluding tert-OH is 4. The molecule has 2 heterocycles. The molecule has 32 heavy (non-hydrogen) atoms. The van der Waals surface area contributed by atoms with Crippen molar-refractivity contribution in [1.29, 1.82) is 0 Å². The zero-order valence-electron chi connectivity index (χ0n) is 16.4. The second-order valence-electron chi connectivity index (χ2n) is 7.44. The number of aliphatic hydroxyl groups is 4. The van der Waals surface area contributed by atoms with Crippen LogP contribution in [0.4, 0.5) is 0 Å². The second kappa shape index (κ2) is 8.37. The van der Waals surface area contributed by atoms with Gasteiger partial charge in [0.15, 0.2) is 5.78 Å². The Bertz CT molecular complexity index is 1030. The minimum atomic E-state index is -1.70. The fourth-order valence-corrected chi connectivity index (χ4v) is 3.64. The number of benzene rings is 2. The highest BCUT2D eigenvalue weighted by Gasteiger charge is 2.45. The molecule has 0 radical (unpaired) electrons. The van der Waals surface area contributed by atoms with Crippen LogP contribution in [0.2, 0.25) is 0 Å². The molecule has 0 aromatic heterocycles. The molecule has 1 saturated heterocycles. The van der Waals surface area contributed by atoms with Gasteiger partial charge in [-0.3, -0.25) is 9.59 Å². The molecule has 1 fully saturated rings. The van der Waals surface area contributed by atoms with Crippen LogP contribution < -0.4 is 9.47 Å². The maximum atomic E-state index is 12.9. The van der Waals surface area contributed by atoms with E-state index in [0.29, 0.717) is 0 Å². The maximum absolute atomic E-state index is 12.9. The summed E-state index contributed by atoms with van der Waals surface area (Å²) in [7, 11) is 0. The van der Waals surface area contributed by atoms with E-state index in [2.05, 4.69) is 0 Å². The molecule has 11 nitrogen and oxygen atoms in total. The minimum absolute atomic E-state index is 0.0522. The van der Waals surface area contributed by atoms with Crippen LogP contribution in [0.25, 0.3) is 0 Å². The summed E-state index contributed by atoms with van der Waals surface area (Å²) in [5, 5.41) is 58.9. The van der Waals surface area contributed by atoms with Crippen molar-refractivity contribution in [3.8, 4) is 23.0 Å². The quantitative estimate of drug-likeness (QED) is 0.195. The topological polar surface area (TPSA) is 183 Å². The predicted octanol–water partition coefficient (Wildman–Crippen LogP) is -0.838. The summed E-state index contributed by atoms with van der Waals surface area (Å²) in [5.74, 6) is -4.04. The minimum Gasteiger partial charge on any atom is -0.508 e. The van der Waals surface area contributed by atoms with Crippen molar-refractivity contribution in [1.82, 2.24) is 0 Å². The highest BCUT2D eigenvalue weighted by Crippen LogP contribution is 2.42. The van der Waals surface area contributed by atoms with Crippen LogP contribution in [0.3, 0.4) is 0 Å². The number of phenols is 2. The van der Waals surface area contributed by atoms with Gasteiger partial charge in [0.25, 0.3) is 0 Å². The molecule has 0 spiro atoms. The van der Waals surface area contributed by atoms with Crippen molar-refractivity contribution < 1.29 is 54.4 Å². The molecule has 2 aromatic carbocycles. The first-order valence-corrected chi connectivity index (χ1v) is 9.60. The summed E-state index contributed by atoms with van der Waals surface area (Å²) in [6.07, 6.45) is -7.71. The van der Waals surface area contributed by atoms with Crippen molar-refractivity contribution in [3.05, 3.63) is 47.5 Å². The maximum Gasteiger partial charge on any atom is 0.326 e. The van der Waals surface area contributed by atoms with Crippen molar-refractivity contribution >= 4 is 11.8 Å². The van der Waals surface area contributed by atoms with Gasteiger partial charge < -0.3 is 44.8 Å². The summed E-state index contributed by atoms with van der Waals surface area (Å²) in [6.45, 7) is -0.662. The smallest absolute Gasteiger partial charge is 0.326 e. The van der Waals surface area contributed by atoms with Crippen LogP contribution >= 0.6 is 0 Å². The SMILES string of the molecule is O=C1Oc2cc(O[C@@H]3OC(CO)[C@@H](O)C(O)C3O)cc(O)c2C(=O)C1c1ccc(O)cc1. The average molecular weight is 448 g/mol. The van der Waals surface area contributed by atoms with E-state index >= 15 is 0 Å². The van der Waals surface area contributed by atoms with Gasteiger partial charge in [-0.1, -0.05) is 12.1 Å². The Balaban J connectivity index is 1.61. The van der Waals surface area contributed by atoms with Gasteiger partial charge in [0.2, 0.25) is 6.29 Å². The zero-order valence-corrected chi connectivity index (χ0v) is 16.4. The van der Waals surface area contributed by atoms with Crippen LogP contribution in [0.1, 0.15) is 21.8 Å². The summed E-state index contributed by atoms with van der Waals surface area (Å²) in [5.41, 5.74) is 0.00771. The van der Waals surface area contributed by atoms with Crippen molar-refractivity contribution in [2.45, 2.75) is 36.6 Å². The highest BCUT2D eigenvalue weighted by atomic mass is 16.7. The first kappa shape index (κ1) is 22.0. The fourth-order valence-electron chi connectivity index (χ4n) is 3.64. The lowest BCUT2D eigenvalue weighted by atomic mass is 9.88. The van der Waals surface area contributed by atoms with Crippen LogP contribution in [-0.2, 0) is 9.53 Å². The lowest BCUT2D eigenvalue weighted by Gasteiger charge is -2.39. The van der Waals surface area contributed by atoms with E-state index in [1.54, 1.807) is 0 Å². The first-order chi connectivity index (χ1) is 15.2. The summed E-state index contributed by atoms with van der Waals surface area (Å²) < 4.78 is 15.9. The molecular formula is C21H20O11. The number of carbonyl (C=O) groups is 2. The molecular weight excluding hydrogens is 428 g/mol. The van der Waals surface area contributed by atoms with Gasteiger partial charge in [0.1, 0.15) is 58.9 Å². The summed E-state index contributed by atoms with van der Waals surface area (Å²) >= 11 is 0. The van der Waals surface area contributed by atoms with Gasteiger partial charge in [0.05, 0.1) is 6.61 Å². The van der Waals surface area contributed by atoms with Gasteiger partial charge in [-0.2, -0.15) is 0 Å². The molecule has 0 bridgehead atoms. The third kappa shape index (κ3) is 3.76. The van der Waals surface area contributed by atoms with Crippen LogP contribution in [0, 0.1) is 0 Å². The molecule has 4 unspecified atom stereocenters. The van der Waals surface area contributed by atoms with E-state index in [1.165, 1.54) is 24.3 Å². The van der Waals surface area contributed by atoms with E-state index in [1.807, 2.05) is 0 Å². The molecule has 11 heteroatoms. The normalized spacial score (nSPS) is 29.9. The van der Waals surface area contributed by atoms with E-state index in [9.17, 15) is 40.2 Å². The molecule has 0 saturated carbocycles. The number of phenolic OH excluding ortho intramolecular Hbond substituents is 2. The molecule has 0 aliphatic carbocycles. The van der Waals surface area contributed by atoms with E-state index < -0.39 is 60.7 Å². The number of rotatable bonds is 4. The summed E-state index contributed by atoms with van der Waals surface area (Å²) in [4.78, 5) is 25.4. The second-order valence-corrected chi connectivity index (χ2v) is 7.44. The van der Waals surface area contributed by atoms with Crippen molar-refractivity contribution in [2.75, 3.05) is 6.61 Å². The molecule has 2 aliphatic rings. The van der Waals surface area contributed by atoms with Crippen LogP contribution in [-0.4, -0.2) is 79.7 Å². The van der Waals surface area contributed by atoms with Crippen LogP contribution in [0.15, 0.2) is 36.4 Å². The third-order valence-corrected chi connectivity index (χ3v) is 5.34. The molecule has 2 aliphatic heterocycles. The van der Waals surface area contributed by atoms with Gasteiger partial charge in [-0.05, 0) is 17.7 Å². The number of hydrogen-bond donors (Lipinski definition) is 6. The Morgan fingerprint density at radius 3 is 2.28 bits per heavy atom. The lowest BCUT2D eigenvalue weighted by Crippen LogP contribution is -2.60. The van der Waals surface area contributed by atoms with Gasteiger partial charge >= 0.3 is 5.97 Å². The first-order valence-electron chi connectivity index (χ1n) is 9.60. The molecule has 6 atom stereocenters. The van der Waals surface area contributed by atoms with Gasteiger partial charge in [-0.25, -0.2) is 0 Å². The Morgan fingerprint density at radius 2 is 1.62 bits per heavy atom. The Morgan fingerprint density at radius 1 is 0.938 bits per heavy atom. The standard InChI is InChI=1S/C21H20O11/c22-7-13-16(25)18(27)19(28)21(32-13)30-10-5-11(24)15-12(6-10)31-20(29)14(17(15)26)8-1-3-9(23)4-2-8/h1-6,13-14,16,18-19,21-25,27-28H,7H2/t13?,14?,16-,18?,19?,21-/m1/s1. The molecule has 2 aromatic rings. The average Bonchev–Trinajstić information content (AvgIpc) is 2.75. The van der Waals surface area contributed by atoms with E-state index in [0.717, 1.165) is 12.1 Å². The number of aromatic hydroxyl groups is 2. The molecule has 0 amide bonds. The Hall–Kier alpha value is -3.22. The largest absolute Gasteiger partial charge is 0.508 e. The number of carbonyl (C=O) groups excluding carboxylic acids is 2. The number of ketones is 1. The summed E-state index contributed by atoms with van der Waals surface area (Å²) in [6, 6.07) is 7.55. The number of fused-ring (bicyclic) bond motifs is 1. The van der Waals surface area contributed by atoms with E-state index in [4.69, 9.17) is 14.2 Å². The van der Waals surface area contributed by atoms with Crippen molar-refractivity contribution in [3.63, 3.8) is 0 Å². The third-order valence-electron chi connectivity index (χ3n) is 5.34. The monoisotopic (exact) mass is 448 g/mol. The highest BCUT2D eigenvalue weighted by molar-refractivity contribution is 6.18. The Kier molecular flexibility index (Phi) is 5.75. The predicted molar refractivity (Wildman–Crippen MR) is 103 cm³/mol. The lowest BCUT2D eigenvalue weighted by molar-refractivity contribution is -0.277. The van der Waals surface area contributed by atoms with Crippen LogP contribution in [0.5, 0.6) is 23.0 Å². The Labute approximate surface area is 180 Å². The number of ether oxygens (including phenoxy) is 3.